The molecule has 2 unspecified atom stereocenters. The molecule has 0 fully saturated rings. The number of aliphatic hydroxyl groups is 2. The number of nitrogens with one attached hydrogen (secondary N) is 2. The van der Waals surface area contributed by atoms with Gasteiger partial charge in [0.15, 0.2) is 5.78 Å². The van der Waals surface area contributed by atoms with Crippen LogP contribution in [0, 0.1) is 0 Å². The molecule has 0 aliphatic heterocycles. The molecule has 0 saturated carbocycles. The molecular formula is C41H54BN4Na2O14S3. The number of urea groups is 1. The Morgan fingerprint density at radius 2 is 1.09 bits per heavy atom. The molecule has 2 atom stereocenters. The van der Waals surface area contributed by atoms with E-state index < -0.39 is 53.9 Å². The van der Waals surface area contributed by atoms with Crippen LogP contribution in [0.2, 0.25) is 0 Å². The molecule has 1 aromatic carbocycles. The number of carbonyl (C=O) groups is 2. The van der Waals surface area contributed by atoms with Crippen molar-refractivity contribution in [1.82, 2.24) is 4.72 Å². The second-order valence-electron chi connectivity index (χ2n) is 16.9. The first-order valence-electron chi connectivity index (χ1n) is 20.4. The summed E-state index contributed by atoms with van der Waals surface area (Å²) in [6.45, 7) is 4.90. The van der Waals surface area contributed by atoms with Gasteiger partial charge in [0.1, 0.15) is 17.3 Å². The number of furan rings is 3. The number of aliphatic hydroxyl groups excluding tert-OH is 2. The predicted octanol–water partition coefficient (Wildman–Crippen LogP) is -2.24. The molecule has 2 amide bonds. The number of carbonyl (C=O) groups excluding carboxylic acids is 2. The first-order valence-corrected chi connectivity index (χ1v) is 25.0. The van der Waals surface area contributed by atoms with Gasteiger partial charge in [0, 0.05) is 69.1 Å². The molecule has 5 aliphatic carbocycles. The van der Waals surface area contributed by atoms with Crippen LogP contribution >= 0.6 is 0 Å². The molecule has 3 heterocycles. The molecule has 0 bridgehead atoms. The van der Waals surface area contributed by atoms with Crippen molar-refractivity contribution in [2.24, 2.45) is 10.3 Å². The summed E-state index contributed by atoms with van der Waals surface area (Å²) in [4.78, 5) is 23.9. The van der Waals surface area contributed by atoms with E-state index in [1.165, 1.54) is 29.3 Å². The van der Waals surface area contributed by atoms with Gasteiger partial charge in [-0.25, -0.2) is 36.6 Å². The third-order valence-electron chi connectivity index (χ3n) is 10.8. The molecule has 8 N–H and O–H groups in total. The average molecular weight is 980 g/mol. The number of rotatable bonds is 5. The number of sulfonamides is 3. The van der Waals surface area contributed by atoms with E-state index >= 15 is 0 Å². The van der Waals surface area contributed by atoms with Gasteiger partial charge in [0.05, 0.1) is 17.8 Å². The maximum absolute atomic E-state index is 12.7. The van der Waals surface area contributed by atoms with Crippen molar-refractivity contribution in [3.8, 4) is 0 Å². The number of anilines is 1. The van der Waals surface area contributed by atoms with Crippen LogP contribution in [0.3, 0.4) is 0 Å². The van der Waals surface area contributed by atoms with E-state index in [1.807, 2.05) is 0 Å². The normalized spacial score (nSPS) is 18.2. The number of fused-ring (bicyclic) bond motifs is 5. The SMILES string of the molecule is CC(C)(C)[O-].NS(=O)(=O)c1cc2c(o1)CCCC2=O.NS(=O)(=O)c1cc2c(o1)CCCC2O.O=C(Nc1c2c(cc3c1CCC3)CCC2)NS(=O)(=O)c1cc2c(o1)CCCC2O.[B].[H-].[Na+].[Na+]. The van der Waals surface area contributed by atoms with E-state index in [-0.39, 0.29) is 90.0 Å². The summed E-state index contributed by atoms with van der Waals surface area (Å²) < 4.78 is 86.7. The van der Waals surface area contributed by atoms with Crippen LogP contribution in [0.5, 0.6) is 0 Å². The van der Waals surface area contributed by atoms with E-state index in [0.717, 1.165) is 68.2 Å². The first kappa shape index (κ1) is 57.0. The molecule has 24 heteroatoms. The third-order valence-corrected chi connectivity index (χ3v) is 13.5. The summed E-state index contributed by atoms with van der Waals surface area (Å²) >= 11 is 0. The molecule has 0 saturated heterocycles. The number of aryl methyl sites for hydroxylation is 5. The average Bonchev–Trinajstić information content (AvgIpc) is 4.00. The first-order chi connectivity index (χ1) is 28.9. The Kier molecular flexibility index (Phi) is 20.1. The Bertz CT molecular complexity index is 2660. The standard InChI is InChI=1S/C21H24N2O5S.C8H11NO4S.C8H9NO4S.C4H9O.B.2Na.H/c24-17-8-3-9-18-16(17)11-19(28-18)29(26,27)23-21(25)22-20-14-6-1-4-12(14)10-13-5-2-7-15(13)20;2*9-14(11,12)8-4-5-6(10)2-1-3-7(5)13-8;1-4(2,3)5;;;;/h10-11,17,24H,1-9H2,(H2,22,23,25);4,6,10H,1-3H2,(H2,9,11,12);4H,1-3H2,(H2,9,11,12);1-3H3;;;;/q;;;-1;;2*+1;-1. The van der Waals surface area contributed by atoms with Gasteiger partial charge >= 0.3 is 65.1 Å². The molecule has 18 nitrogen and oxygen atoms in total. The molecule has 345 valence electrons. The van der Waals surface area contributed by atoms with Crippen LogP contribution in [0.25, 0.3) is 0 Å². The van der Waals surface area contributed by atoms with Gasteiger partial charge in [-0.3, -0.25) is 4.79 Å². The fraction of sp³-hybridized carbons (Fsp3) is 0.512. The van der Waals surface area contributed by atoms with Gasteiger partial charge in [0.2, 0.25) is 15.3 Å². The van der Waals surface area contributed by atoms with E-state index in [9.17, 15) is 50.2 Å². The van der Waals surface area contributed by atoms with E-state index in [4.69, 9.17) is 23.5 Å². The zero-order valence-corrected chi connectivity index (χ0v) is 43.8. The summed E-state index contributed by atoms with van der Waals surface area (Å²) in [7, 11) is -11.8. The topological polar surface area (TPSA) is 316 Å². The van der Waals surface area contributed by atoms with Gasteiger partial charge in [-0.15, -0.1) is 5.60 Å². The van der Waals surface area contributed by atoms with Crippen molar-refractivity contribution in [1.29, 1.82) is 0 Å². The van der Waals surface area contributed by atoms with E-state index in [0.29, 0.717) is 78.9 Å². The summed E-state index contributed by atoms with van der Waals surface area (Å²) in [6.07, 6.45) is 10.2. The van der Waals surface area contributed by atoms with Crippen LogP contribution in [0.1, 0.15) is 147 Å². The van der Waals surface area contributed by atoms with Crippen LogP contribution in [-0.4, -0.2) is 61.3 Å². The number of nitrogens with two attached hydrogens (primary N) is 2. The Labute approximate surface area is 427 Å². The molecule has 5 aliphatic rings. The molecule has 0 spiro atoms. The maximum atomic E-state index is 12.7. The predicted molar refractivity (Wildman–Crippen MR) is 228 cm³/mol. The largest absolute Gasteiger partial charge is 1.00 e. The monoisotopic (exact) mass is 979 g/mol. The Balaban J connectivity index is 0.000000343. The minimum absolute atomic E-state index is 0. The number of Topliss-reactive ketones (excluding diaryl/α,β-unsaturated/α-hetero) is 1. The quantitative estimate of drug-likeness (QED) is 0.115. The number of benzene rings is 1. The van der Waals surface area contributed by atoms with Crippen LogP contribution < -0.4 is 84.5 Å². The molecule has 3 radical (unpaired) electrons. The minimum atomic E-state index is -4.17. The third kappa shape index (κ3) is 14.6. The summed E-state index contributed by atoms with van der Waals surface area (Å²) in [5.74, 6) is 1.37. The van der Waals surface area contributed by atoms with Crippen molar-refractivity contribution in [3.63, 3.8) is 0 Å². The number of hydrogen-bond donors (Lipinski definition) is 6. The Hall–Kier alpha value is -2.29. The molecular weight excluding hydrogens is 925 g/mol. The fourth-order valence-corrected chi connectivity index (χ4v) is 9.97. The van der Waals surface area contributed by atoms with Crippen LogP contribution in [0.4, 0.5) is 10.5 Å². The second kappa shape index (κ2) is 22.9. The van der Waals surface area contributed by atoms with Gasteiger partial charge in [-0.2, -0.15) is 8.42 Å². The summed E-state index contributed by atoms with van der Waals surface area (Å²) in [5, 5.41) is 41.4. The van der Waals surface area contributed by atoms with Crippen molar-refractivity contribution in [3.05, 3.63) is 80.5 Å². The molecule has 3 aromatic heterocycles. The molecule has 9 rings (SSSR count). The van der Waals surface area contributed by atoms with Gasteiger partial charge in [-0.05, 0) is 92.9 Å². The van der Waals surface area contributed by atoms with Gasteiger partial charge in [0.25, 0.3) is 30.1 Å². The van der Waals surface area contributed by atoms with Crippen LogP contribution in [0.15, 0.2) is 52.8 Å². The van der Waals surface area contributed by atoms with E-state index in [2.05, 4.69) is 16.1 Å². The summed E-state index contributed by atoms with van der Waals surface area (Å²) in [5.41, 5.74) is 6.24. The smallest absolute Gasteiger partial charge is 1.00 e. The van der Waals surface area contributed by atoms with Crippen molar-refractivity contribution >= 4 is 56.0 Å². The molecule has 4 aromatic rings. The Morgan fingerprint density at radius 3 is 1.55 bits per heavy atom. The fourth-order valence-electron chi connectivity index (χ4n) is 8.07. The maximum Gasteiger partial charge on any atom is 1.00 e. The number of hydrogen-bond acceptors (Lipinski definition) is 14. The van der Waals surface area contributed by atoms with Gasteiger partial charge < -0.3 is 35.3 Å². The zero-order valence-electron chi connectivity index (χ0n) is 38.3. The van der Waals surface area contributed by atoms with Gasteiger partial charge in [-0.1, -0.05) is 26.8 Å². The second-order valence-corrected chi connectivity index (χ2v) is 21.5. The Morgan fingerprint density at radius 1 is 0.677 bits per heavy atom. The van der Waals surface area contributed by atoms with Crippen molar-refractivity contribution in [2.75, 3.05) is 5.32 Å². The zero-order chi connectivity index (χ0) is 45.4. The number of primary sulfonamides is 2. The summed E-state index contributed by atoms with van der Waals surface area (Å²) in [6, 6.07) is 5.32. The van der Waals surface area contributed by atoms with Crippen molar-refractivity contribution < 1.29 is 124 Å². The number of amides is 2. The van der Waals surface area contributed by atoms with Crippen LogP contribution in [-0.2, 0) is 75.0 Å². The van der Waals surface area contributed by atoms with Crippen molar-refractivity contribution in [2.45, 2.75) is 150 Å². The minimum Gasteiger partial charge on any atom is -1.00 e. The number of ketones is 1. The van der Waals surface area contributed by atoms with E-state index in [1.54, 1.807) is 20.8 Å². The molecule has 65 heavy (non-hydrogen) atoms.